The van der Waals surface area contributed by atoms with Crippen LogP contribution in [-0.4, -0.2) is 24.2 Å². The Morgan fingerprint density at radius 3 is 2.54 bits per heavy atom. The molecule has 0 fully saturated rings. The molecule has 0 aliphatic rings. The zero-order valence-corrected chi connectivity index (χ0v) is 14.0. The molecule has 0 aromatic heterocycles. The Kier molecular flexibility index (Phi) is 5.93. The molecule has 2 N–H and O–H groups in total. The van der Waals surface area contributed by atoms with Crippen molar-refractivity contribution in [3.05, 3.63) is 65.0 Å². The summed E-state index contributed by atoms with van der Waals surface area (Å²) in [6.07, 6.45) is -0.709. The quantitative estimate of drug-likeness (QED) is 0.856. The van der Waals surface area contributed by atoms with Crippen molar-refractivity contribution in [3.63, 3.8) is 0 Å². The second-order valence-electron chi connectivity index (χ2n) is 5.83. The van der Waals surface area contributed by atoms with Crippen LogP contribution in [0.4, 0.5) is 4.39 Å². The van der Waals surface area contributed by atoms with Gasteiger partial charge in [-0.2, -0.15) is 0 Å². The summed E-state index contributed by atoms with van der Waals surface area (Å²) >= 11 is 0. The van der Waals surface area contributed by atoms with Crippen LogP contribution >= 0.6 is 0 Å². The minimum atomic E-state index is -0.901. The highest BCUT2D eigenvalue weighted by Gasteiger charge is 2.18. The van der Waals surface area contributed by atoms with Gasteiger partial charge in [0, 0.05) is 0 Å². The van der Waals surface area contributed by atoms with Crippen molar-refractivity contribution in [1.82, 2.24) is 5.32 Å². The van der Waals surface area contributed by atoms with E-state index in [2.05, 4.69) is 5.32 Å². The Balaban J connectivity index is 1.97. The molecule has 0 spiro atoms. The van der Waals surface area contributed by atoms with Gasteiger partial charge >= 0.3 is 0 Å². The number of carbonyl (C=O) groups is 1. The van der Waals surface area contributed by atoms with Gasteiger partial charge in [0.1, 0.15) is 11.6 Å². The standard InChI is InChI=1S/C19H22FNO3/c1-12-4-5-14(10-17(12)24-3)11-18(22)21-13(2)19(23)15-6-8-16(20)9-7-15/h4-10,13,19,23H,11H2,1-3H3,(H,21,22)/t13-,19+/m0/s1. The summed E-state index contributed by atoms with van der Waals surface area (Å²) in [6, 6.07) is 10.7. The summed E-state index contributed by atoms with van der Waals surface area (Å²) in [6.45, 7) is 3.64. The van der Waals surface area contributed by atoms with E-state index in [0.717, 1.165) is 16.9 Å². The largest absolute Gasteiger partial charge is 0.496 e. The number of halogens is 1. The van der Waals surface area contributed by atoms with Gasteiger partial charge in [-0.1, -0.05) is 24.3 Å². The van der Waals surface area contributed by atoms with Crippen molar-refractivity contribution in [1.29, 1.82) is 0 Å². The van der Waals surface area contributed by atoms with E-state index in [1.54, 1.807) is 14.0 Å². The Bertz CT molecular complexity index is 700. The average molecular weight is 331 g/mol. The predicted molar refractivity (Wildman–Crippen MR) is 90.4 cm³/mol. The lowest BCUT2D eigenvalue weighted by molar-refractivity contribution is -0.121. The first-order chi connectivity index (χ1) is 11.4. The number of aliphatic hydroxyl groups excluding tert-OH is 1. The Hall–Kier alpha value is -2.40. The van der Waals surface area contributed by atoms with Crippen molar-refractivity contribution in [3.8, 4) is 5.75 Å². The lowest BCUT2D eigenvalue weighted by Crippen LogP contribution is -2.37. The topological polar surface area (TPSA) is 58.6 Å². The fourth-order valence-corrected chi connectivity index (χ4v) is 2.49. The maximum absolute atomic E-state index is 12.9. The molecule has 5 heteroatoms. The molecule has 0 bridgehead atoms. The molecule has 2 aromatic rings. The highest BCUT2D eigenvalue weighted by Crippen LogP contribution is 2.20. The van der Waals surface area contributed by atoms with E-state index in [4.69, 9.17) is 4.74 Å². The molecule has 2 aromatic carbocycles. The van der Waals surface area contributed by atoms with Gasteiger partial charge in [-0.3, -0.25) is 4.79 Å². The third-order valence-electron chi connectivity index (χ3n) is 3.91. The van der Waals surface area contributed by atoms with Crippen LogP contribution in [0.3, 0.4) is 0 Å². The van der Waals surface area contributed by atoms with Crippen molar-refractivity contribution in [2.45, 2.75) is 32.4 Å². The normalized spacial score (nSPS) is 13.2. The second kappa shape index (κ2) is 7.93. The molecule has 128 valence electrons. The van der Waals surface area contributed by atoms with E-state index >= 15 is 0 Å². The smallest absolute Gasteiger partial charge is 0.224 e. The lowest BCUT2D eigenvalue weighted by atomic mass is 10.0. The van der Waals surface area contributed by atoms with E-state index in [1.165, 1.54) is 24.3 Å². The number of benzene rings is 2. The third-order valence-corrected chi connectivity index (χ3v) is 3.91. The van der Waals surface area contributed by atoms with Gasteiger partial charge in [0.25, 0.3) is 0 Å². The zero-order valence-electron chi connectivity index (χ0n) is 14.0. The van der Waals surface area contributed by atoms with Crippen molar-refractivity contribution in [2.24, 2.45) is 0 Å². The number of aryl methyl sites for hydroxylation is 1. The third kappa shape index (κ3) is 4.55. The van der Waals surface area contributed by atoms with Gasteiger partial charge < -0.3 is 15.2 Å². The van der Waals surface area contributed by atoms with E-state index < -0.39 is 12.1 Å². The Labute approximate surface area is 141 Å². The van der Waals surface area contributed by atoms with Crippen LogP contribution in [0, 0.1) is 12.7 Å². The number of aliphatic hydroxyl groups is 1. The summed E-state index contributed by atoms with van der Waals surface area (Å²) in [5, 5.41) is 13.0. The van der Waals surface area contributed by atoms with Crippen molar-refractivity contribution < 1.29 is 19.0 Å². The summed E-state index contributed by atoms with van der Waals surface area (Å²) in [5.74, 6) is 0.172. The fraction of sp³-hybridized carbons (Fsp3) is 0.316. The number of hydrogen-bond acceptors (Lipinski definition) is 3. The minimum absolute atomic E-state index is 0.192. The average Bonchev–Trinajstić information content (AvgIpc) is 2.56. The van der Waals surface area contributed by atoms with E-state index in [-0.39, 0.29) is 18.1 Å². The molecule has 2 rings (SSSR count). The first-order valence-electron chi connectivity index (χ1n) is 7.77. The summed E-state index contributed by atoms with van der Waals surface area (Å²) in [5.41, 5.74) is 2.39. The monoisotopic (exact) mass is 331 g/mol. The maximum Gasteiger partial charge on any atom is 0.224 e. The van der Waals surface area contributed by atoms with Gasteiger partial charge in [-0.25, -0.2) is 4.39 Å². The van der Waals surface area contributed by atoms with Crippen LogP contribution in [0.1, 0.15) is 29.7 Å². The summed E-state index contributed by atoms with van der Waals surface area (Å²) < 4.78 is 18.2. The Morgan fingerprint density at radius 2 is 1.92 bits per heavy atom. The number of rotatable bonds is 6. The molecule has 0 radical (unpaired) electrons. The number of nitrogens with one attached hydrogen (secondary N) is 1. The highest BCUT2D eigenvalue weighted by atomic mass is 19.1. The molecule has 0 unspecified atom stereocenters. The summed E-state index contributed by atoms with van der Waals surface area (Å²) in [7, 11) is 1.59. The number of ether oxygens (including phenoxy) is 1. The zero-order chi connectivity index (χ0) is 17.7. The molecular weight excluding hydrogens is 309 g/mol. The number of hydrogen-bond donors (Lipinski definition) is 2. The van der Waals surface area contributed by atoms with E-state index in [0.29, 0.717) is 5.56 Å². The van der Waals surface area contributed by atoms with Gasteiger partial charge in [0.05, 0.1) is 25.7 Å². The van der Waals surface area contributed by atoms with Crippen LogP contribution in [0.2, 0.25) is 0 Å². The van der Waals surface area contributed by atoms with Gasteiger partial charge in [0.2, 0.25) is 5.91 Å². The van der Waals surface area contributed by atoms with Crippen molar-refractivity contribution >= 4 is 5.91 Å². The number of carbonyl (C=O) groups excluding carboxylic acids is 1. The predicted octanol–water partition coefficient (Wildman–Crippen LogP) is 2.92. The van der Waals surface area contributed by atoms with Crippen molar-refractivity contribution in [2.75, 3.05) is 7.11 Å². The summed E-state index contributed by atoms with van der Waals surface area (Å²) in [4.78, 5) is 12.2. The van der Waals surface area contributed by atoms with Crippen LogP contribution in [0.5, 0.6) is 5.75 Å². The lowest BCUT2D eigenvalue weighted by Gasteiger charge is -2.21. The molecular formula is C19H22FNO3. The highest BCUT2D eigenvalue weighted by molar-refractivity contribution is 5.79. The Morgan fingerprint density at radius 1 is 1.25 bits per heavy atom. The maximum atomic E-state index is 12.9. The van der Waals surface area contributed by atoms with Gasteiger partial charge in [-0.05, 0) is 48.7 Å². The van der Waals surface area contributed by atoms with Gasteiger partial charge in [0.15, 0.2) is 0 Å². The first kappa shape index (κ1) is 17.9. The van der Waals surface area contributed by atoms with Crippen LogP contribution in [0.25, 0.3) is 0 Å². The minimum Gasteiger partial charge on any atom is -0.496 e. The van der Waals surface area contributed by atoms with E-state index in [9.17, 15) is 14.3 Å². The molecule has 0 saturated carbocycles. The molecule has 4 nitrogen and oxygen atoms in total. The number of methoxy groups -OCH3 is 1. The molecule has 0 aliphatic carbocycles. The van der Waals surface area contributed by atoms with Gasteiger partial charge in [-0.15, -0.1) is 0 Å². The molecule has 0 saturated heterocycles. The molecule has 0 aliphatic heterocycles. The number of amides is 1. The van der Waals surface area contributed by atoms with Crippen LogP contribution < -0.4 is 10.1 Å². The van der Waals surface area contributed by atoms with Crippen LogP contribution in [0.15, 0.2) is 42.5 Å². The molecule has 1 amide bonds. The fourth-order valence-electron chi connectivity index (χ4n) is 2.49. The molecule has 0 heterocycles. The molecule has 2 atom stereocenters. The first-order valence-corrected chi connectivity index (χ1v) is 7.77. The SMILES string of the molecule is COc1cc(CC(=O)N[C@@H](C)[C@@H](O)c2ccc(F)cc2)ccc1C. The van der Waals surface area contributed by atoms with Crippen LogP contribution in [-0.2, 0) is 11.2 Å². The second-order valence-corrected chi connectivity index (χ2v) is 5.83. The van der Waals surface area contributed by atoms with E-state index in [1.807, 2.05) is 25.1 Å². The molecule has 24 heavy (non-hydrogen) atoms.